The number of halogens is 1. The van der Waals surface area contributed by atoms with E-state index in [0.29, 0.717) is 16.0 Å². The zero-order valence-electron chi connectivity index (χ0n) is 8.96. The van der Waals surface area contributed by atoms with Gasteiger partial charge in [0.25, 0.3) is 5.91 Å². The summed E-state index contributed by atoms with van der Waals surface area (Å²) in [7, 11) is 1.56. The second-order valence-corrected chi connectivity index (χ2v) is 5.27. The van der Waals surface area contributed by atoms with Crippen molar-refractivity contribution in [3.63, 3.8) is 0 Å². The fourth-order valence-corrected chi connectivity index (χ4v) is 1.91. The number of hydrogen-bond donors (Lipinski definition) is 1. The molecule has 0 radical (unpaired) electrons. The van der Waals surface area contributed by atoms with Gasteiger partial charge in [-0.1, -0.05) is 15.9 Å². The Morgan fingerprint density at radius 3 is 2.87 bits per heavy atom. The van der Waals surface area contributed by atoms with Crippen LogP contribution in [-0.4, -0.2) is 23.9 Å². The Hall–Kier alpha value is -0.550. The summed E-state index contributed by atoms with van der Waals surface area (Å²) in [4.78, 5) is 12.5. The van der Waals surface area contributed by atoms with Crippen LogP contribution < -0.4 is 10.1 Å². The molecule has 1 rings (SSSR count). The van der Waals surface area contributed by atoms with Gasteiger partial charge in [-0.25, -0.2) is 0 Å². The minimum absolute atomic E-state index is 0.0914. The topological polar surface area (TPSA) is 38.3 Å². The van der Waals surface area contributed by atoms with E-state index in [9.17, 15) is 4.79 Å². The lowest BCUT2D eigenvalue weighted by Gasteiger charge is -2.23. The molecule has 0 bridgehead atoms. The molecule has 0 aliphatic carbocycles. The Morgan fingerprint density at radius 1 is 1.67 bits per heavy atom. The molecule has 0 saturated heterocycles. The van der Waals surface area contributed by atoms with Crippen molar-refractivity contribution < 1.29 is 9.53 Å². The number of hydrogen-bond acceptors (Lipinski definition) is 3. The van der Waals surface area contributed by atoms with Crippen molar-refractivity contribution in [3.05, 3.63) is 16.3 Å². The summed E-state index contributed by atoms with van der Waals surface area (Å²) in [6.07, 6.45) is 0. The van der Waals surface area contributed by atoms with Gasteiger partial charge in [0.1, 0.15) is 10.6 Å². The second-order valence-electron chi connectivity index (χ2n) is 3.79. The van der Waals surface area contributed by atoms with E-state index >= 15 is 0 Å². The molecule has 1 amide bonds. The molecule has 5 heteroatoms. The third kappa shape index (κ3) is 3.21. The van der Waals surface area contributed by atoms with Gasteiger partial charge < -0.3 is 10.1 Å². The number of nitrogens with one attached hydrogen (secondary N) is 1. The lowest BCUT2D eigenvalue weighted by Crippen LogP contribution is -2.44. The van der Waals surface area contributed by atoms with E-state index in [1.165, 1.54) is 11.3 Å². The number of rotatable bonds is 4. The smallest absolute Gasteiger partial charge is 0.265 e. The molecule has 1 N–H and O–H groups in total. The summed E-state index contributed by atoms with van der Waals surface area (Å²) in [5.74, 6) is 0.536. The van der Waals surface area contributed by atoms with Gasteiger partial charge in [-0.3, -0.25) is 4.79 Å². The number of carbonyl (C=O) groups is 1. The van der Waals surface area contributed by atoms with Crippen molar-refractivity contribution in [1.82, 2.24) is 5.32 Å². The van der Waals surface area contributed by atoms with E-state index in [1.54, 1.807) is 13.2 Å². The quantitative estimate of drug-likeness (QED) is 0.866. The molecular formula is C10H14BrNO2S. The molecule has 1 heterocycles. The van der Waals surface area contributed by atoms with E-state index in [1.807, 2.05) is 19.2 Å². The summed E-state index contributed by atoms with van der Waals surface area (Å²) in [5, 5.41) is 5.48. The standard InChI is InChI=1S/C10H14BrNO2S/c1-10(2,6-11)12-9(13)8-7(14-3)4-5-15-8/h4-5H,6H2,1-3H3,(H,12,13). The number of carbonyl (C=O) groups excluding carboxylic acids is 1. The van der Waals surface area contributed by atoms with Gasteiger partial charge in [0.2, 0.25) is 0 Å². The number of ether oxygens (including phenoxy) is 1. The fourth-order valence-electron chi connectivity index (χ4n) is 1.02. The first kappa shape index (κ1) is 12.5. The van der Waals surface area contributed by atoms with Crippen LogP contribution in [0.2, 0.25) is 0 Å². The Bertz CT molecular complexity index is 349. The van der Waals surface area contributed by atoms with Crippen LogP contribution >= 0.6 is 27.3 Å². The predicted octanol–water partition coefficient (Wildman–Crippen LogP) is 2.66. The third-order valence-electron chi connectivity index (χ3n) is 1.84. The van der Waals surface area contributed by atoms with E-state index in [0.717, 1.165) is 0 Å². The summed E-state index contributed by atoms with van der Waals surface area (Å²) >= 11 is 4.74. The predicted molar refractivity (Wildman–Crippen MR) is 66.2 cm³/mol. The molecule has 0 unspecified atom stereocenters. The molecule has 84 valence electrons. The maximum Gasteiger partial charge on any atom is 0.265 e. The van der Waals surface area contributed by atoms with Gasteiger partial charge in [-0.05, 0) is 25.3 Å². The van der Waals surface area contributed by atoms with E-state index in [-0.39, 0.29) is 11.4 Å². The highest BCUT2D eigenvalue weighted by atomic mass is 79.9. The number of methoxy groups -OCH3 is 1. The highest BCUT2D eigenvalue weighted by Crippen LogP contribution is 2.24. The van der Waals surface area contributed by atoms with Crippen LogP contribution in [0.4, 0.5) is 0 Å². The van der Waals surface area contributed by atoms with Crippen LogP contribution in [0.15, 0.2) is 11.4 Å². The zero-order chi connectivity index (χ0) is 11.5. The van der Waals surface area contributed by atoms with Crippen LogP contribution in [0.3, 0.4) is 0 Å². The number of alkyl halides is 1. The Kier molecular flexibility index (Phi) is 4.16. The molecule has 3 nitrogen and oxygen atoms in total. The first-order valence-corrected chi connectivity index (χ1v) is 6.50. The third-order valence-corrected chi connectivity index (χ3v) is 4.14. The van der Waals surface area contributed by atoms with Crippen LogP contribution in [0.25, 0.3) is 0 Å². The maximum absolute atomic E-state index is 11.9. The molecule has 0 fully saturated rings. The first-order valence-electron chi connectivity index (χ1n) is 4.50. The minimum atomic E-state index is -0.258. The molecule has 0 spiro atoms. The minimum Gasteiger partial charge on any atom is -0.495 e. The highest BCUT2D eigenvalue weighted by Gasteiger charge is 2.22. The van der Waals surface area contributed by atoms with Crippen LogP contribution in [0, 0.1) is 0 Å². The molecule has 0 aromatic carbocycles. The van der Waals surface area contributed by atoms with Gasteiger partial charge in [0, 0.05) is 10.9 Å². The van der Waals surface area contributed by atoms with Gasteiger partial charge in [0.05, 0.1) is 7.11 Å². The SMILES string of the molecule is COc1ccsc1C(=O)NC(C)(C)CBr. The van der Waals surface area contributed by atoms with E-state index in [4.69, 9.17) is 4.74 Å². The lowest BCUT2D eigenvalue weighted by atomic mass is 10.1. The maximum atomic E-state index is 11.9. The molecule has 0 aliphatic heterocycles. The second kappa shape index (κ2) is 4.99. The molecule has 15 heavy (non-hydrogen) atoms. The highest BCUT2D eigenvalue weighted by molar-refractivity contribution is 9.09. The summed E-state index contributed by atoms with van der Waals surface area (Å²) in [6, 6.07) is 1.79. The average molecular weight is 292 g/mol. The molecule has 0 saturated carbocycles. The van der Waals surface area contributed by atoms with Crippen molar-refractivity contribution in [3.8, 4) is 5.75 Å². The Morgan fingerprint density at radius 2 is 2.33 bits per heavy atom. The number of amides is 1. The van der Waals surface area contributed by atoms with Crippen LogP contribution in [0.5, 0.6) is 5.75 Å². The molecule has 1 aromatic heterocycles. The van der Waals surface area contributed by atoms with E-state index < -0.39 is 0 Å². The van der Waals surface area contributed by atoms with Gasteiger partial charge >= 0.3 is 0 Å². The average Bonchev–Trinajstić information content (AvgIpc) is 2.64. The van der Waals surface area contributed by atoms with Crippen molar-refractivity contribution in [2.75, 3.05) is 12.4 Å². The summed E-state index contributed by atoms with van der Waals surface area (Å²) in [5.41, 5.74) is -0.258. The monoisotopic (exact) mass is 291 g/mol. The van der Waals surface area contributed by atoms with Crippen LogP contribution in [0.1, 0.15) is 23.5 Å². The normalized spacial score (nSPS) is 11.2. The molecule has 0 atom stereocenters. The van der Waals surface area contributed by atoms with Crippen LogP contribution in [-0.2, 0) is 0 Å². The molecule has 0 aliphatic rings. The number of thiophene rings is 1. The van der Waals surface area contributed by atoms with Gasteiger partial charge in [-0.15, -0.1) is 11.3 Å². The van der Waals surface area contributed by atoms with Crippen molar-refractivity contribution in [2.24, 2.45) is 0 Å². The van der Waals surface area contributed by atoms with Crippen molar-refractivity contribution in [1.29, 1.82) is 0 Å². The summed E-state index contributed by atoms with van der Waals surface area (Å²) < 4.78 is 5.09. The summed E-state index contributed by atoms with van der Waals surface area (Å²) in [6.45, 7) is 3.92. The lowest BCUT2D eigenvalue weighted by molar-refractivity contribution is 0.0923. The zero-order valence-corrected chi connectivity index (χ0v) is 11.4. The van der Waals surface area contributed by atoms with Crippen molar-refractivity contribution >= 4 is 33.2 Å². The Labute approximate surface area is 102 Å². The fraction of sp³-hybridized carbons (Fsp3) is 0.500. The van der Waals surface area contributed by atoms with Gasteiger partial charge in [-0.2, -0.15) is 0 Å². The largest absolute Gasteiger partial charge is 0.495 e. The Balaban J connectivity index is 2.78. The first-order chi connectivity index (χ1) is 7.00. The van der Waals surface area contributed by atoms with Gasteiger partial charge in [0.15, 0.2) is 0 Å². The van der Waals surface area contributed by atoms with Crippen molar-refractivity contribution in [2.45, 2.75) is 19.4 Å². The molecular weight excluding hydrogens is 278 g/mol. The van der Waals surface area contributed by atoms with E-state index in [2.05, 4.69) is 21.2 Å². The molecule has 1 aromatic rings.